The number of halogens is 1. The van der Waals surface area contributed by atoms with Gasteiger partial charge in [-0.3, -0.25) is 0 Å². The number of nitrogens with one attached hydrogen (secondary N) is 2. The number of benzene rings is 1. The first-order valence-electron chi connectivity index (χ1n) is 6.78. The van der Waals surface area contributed by atoms with E-state index in [1.165, 1.54) is 6.07 Å². The lowest BCUT2D eigenvalue weighted by atomic mass is 10.1. The highest BCUT2D eigenvalue weighted by Crippen LogP contribution is 2.26. The Morgan fingerprint density at radius 1 is 1.27 bits per heavy atom. The Morgan fingerprint density at radius 3 is 2.77 bits per heavy atom. The summed E-state index contributed by atoms with van der Waals surface area (Å²) in [6.07, 6.45) is 2.54. The van der Waals surface area contributed by atoms with Crippen molar-refractivity contribution < 1.29 is 8.42 Å². The van der Waals surface area contributed by atoms with Gasteiger partial charge in [0.1, 0.15) is 4.21 Å². The lowest BCUT2D eigenvalue weighted by molar-refractivity contribution is 0.562. The predicted octanol–water partition coefficient (Wildman–Crippen LogP) is 3.79. The third-order valence-electron chi connectivity index (χ3n) is 3.37. The van der Waals surface area contributed by atoms with Crippen LogP contribution in [0.4, 0.5) is 0 Å². The molecule has 2 aromatic heterocycles. The van der Waals surface area contributed by atoms with Gasteiger partial charge in [-0.2, -0.15) is 0 Å². The van der Waals surface area contributed by atoms with Crippen LogP contribution in [0.2, 0.25) is 4.34 Å². The minimum atomic E-state index is -3.52. The molecule has 4 nitrogen and oxygen atoms in total. The summed E-state index contributed by atoms with van der Waals surface area (Å²) in [4.78, 5) is 3.20. The second-order valence-corrected chi connectivity index (χ2v) is 8.80. The number of hydrogen-bond acceptors (Lipinski definition) is 3. The first-order chi connectivity index (χ1) is 10.5. The van der Waals surface area contributed by atoms with Crippen molar-refractivity contribution in [1.29, 1.82) is 0 Å². The van der Waals surface area contributed by atoms with Gasteiger partial charge in [-0.25, -0.2) is 13.1 Å². The maximum absolute atomic E-state index is 12.3. The summed E-state index contributed by atoms with van der Waals surface area (Å²) in [6.45, 7) is 1.86. The summed E-state index contributed by atoms with van der Waals surface area (Å²) in [7, 11) is -3.52. The summed E-state index contributed by atoms with van der Waals surface area (Å²) < 4.78 is 28.0. The zero-order valence-corrected chi connectivity index (χ0v) is 14.2. The Kier molecular flexibility index (Phi) is 4.27. The highest BCUT2D eigenvalue weighted by atomic mass is 35.5. The van der Waals surface area contributed by atoms with Crippen LogP contribution in [0, 0.1) is 0 Å². The van der Waals surface area contributed by atoms with Gasteiger partial charge < -0.3 is 4.98 Å². The third kappa shape index (κ3) is 3.20. The fourth-order valence-corrected chi connectivity index (χ4v) is 5.18. The number of para-hydroxylation sites is 1. The summed E-state index contributed by atoms with van der Waals surface area (Å²) in [5.41, 5.74) is 2.15. The number of fused-ring (bicyclic) bond motifs is 1. The Morgan fingerprint density at radius 2 is 2.05 bits per heavy atom. The number of thiophene rings is 1. The second-order valence-electron chi connectivity index (χ2n) is 5.14. The number of aromatic nitrogens is 1. The van der Waals surface area contributed by atoms with Crippen molar-refractivity contribution >= 4 is 43.9 Å². The summed E-state index contributed by atoms with van der Waals surface area (Å²) in [5, 5.41) is 1.12. The Balaban J connectivity index is 1.76. The topological polar surface area (TPSA) is 62.0 Å². The van der Waals surface area contributed by atoms with Gasteiger partial charge in [0.05, 0.1) is 4.34 Å². The highest BCUT2D eigenvalue weighted by molar-refractivity contribution is 7.91. The molecule has 0 aliphatic rings. The monoisotopic (exact) mass is 354 g/mol. The quantitative estimate of drug-likeness (QED) is 0.732. The van der Waals surface area contributed by atoms with E-state index in [4.69, 9.17) is 11.6 Å². The predicted molar refractivity (Wildman–Crippen MR) is 91.1 cm³/mol. The van der Waals surface area contributed by atoms with Crippen molar-refractivity contribution in [1.82, 2.24) is 9.71 Å². The minimum absolute atomic E-state index is 0.218. The molecule has 2 N–H and O–H groups in total. The van der Waals surface area contributed by atoms with Crippen LogP contribution in [-0.2, 0) is 16.4 Å². The third-order valence-corrected chi connectivity index (χ3v) is 6.68. The molecule has 0 bridgehead atoms. The summed E-state index contributed by atoms with van der Waals surface area (Å²) in [5.74, 6) is 0. The highest BCUT2D eigenvalue weighted by Gasteiger charge is 2.20. The van der Waals surface area contributed by atoms with Crippen LogP contribution in [0.1, 0.15) is 12.5 Å². The van der Waals surface area contributed by atoms with Crippen LogP contribution < -0.4 is 4.72 Å². The molecule has 116 valence electrons. The van der Waals surface area contributed by atoms with E-state index in [-0.39, 0.29) is 10.3 Å². The molecular weight excluding hydrogens is 340 g/mol. The van der Waals surface area contributed by atoms with Crippen molar-refractivity contribution in [3.05, 3.63) is 52.5 Å². The molecule has 7 heteroatoms. The average molecular weight is 355 g/mol. The van der Waals surface area contributed by atoms with E-state index in [1.54, 1.807) is 6.07 Å². The van der Waals surface area contributed by atoms with E-state index in [1.807, 2.05) is 37.4 Å². The molecule has 3 aromatic rings. The molecule has 0 aliphatic heterocycles. The molecule has 3 rings (SSSR count). The molecule has 0 aliphatic carbocycles. The van der Waals surface area contributed by atoms with Crippen molar-refractivity contribution in [2.45, 2.75) is 23.6 Å². The lowest BCUT2D eigenvalue weighted by Gasteiger charge is -2.13. The van der Waals surface area contributed by atoms with E-state index in [9.17, 15) is 8.42 Å². The Labute approximate surface area is 138 Å². The zero-order valence-electron chi connectivity index (χ0n) is 11.8. The second kappa shape index (κ2) is 6.04. The van der Waals surface area contributed by atoms with Crippen molar-refractivity contribution in [2.24, 2.45) is 0 Å². The van der Waals surface area contributed by atoms with Crippen molar-refractivity contribution in [2.75, 3.05) is 0 Å². The number of H-pyrrole nitrogens is 1. The average Bonchev–Trinajstić information content (AvgIpc) is 3.06. The number of rotatable bonds is 5. The molecule has 0 amide bonds. The molecule has 0 saturated heterocycles. The molecule has 0 radical (unpaired) electrons. The van der Waals surface area contributed by atoms with Crippen LogP contribution in [0.3, 0.4) is 0 Å². The standard InChI is InChI=1S/C15H15ClN2O2S2/c1-10(18-22(19,20)15-7-6-14(16)21-15)8-11-9-17-13-5-3-2-4-12(11)13/h2-7,9-10,17-18H,8H2,1H3. The van der Waals surface area contributed by atoms with E-state index in [0.29, 0.717) is 10.8 Å². The van der Waals surface area contributed by atoms with Crippen LogP contribution in [-0.4, -0.2) is 19.4 Å². The van der Waals surface area contributed by atoms with E-state index in [2.05, 4.69) is 9.71 Å². The molecule has 1 atom stereocenters. The minimum Gasteiger partial charge on any atom is -0.361 e. The van der Waals surface area contributed by atoms with E-state index < -0.39 is 10.0 Å². The molecule has 0 saturated carbocycles. The number of aromatic amines is 1. The molecule has 1 aromatic carbocycles. The van der Waals surface area contributed by atoms with Crippen LogP contribution in [0.15, 0.2) is 46.8 Å². The molecule has 0 spiro atoms. The fourth-order valence-electron chi connectivity index (χ4n) is 2.44. The van der Waals surface area contributed by atoms with Crippen LogP contribution >= 0.6 is 22.9 Å². The van der Waals surface area contributed by atoms with Crippen LogP contribution in [0.5, 0.6) is 0 Å². The van der Waals surface area contributed by atoms with Gasteiger partial charge in [0, 0.05) is 23.1 Å². The normalized spacial score (nSPS) is 13.5. The summed E-state index contributed by atoms with van der Waals surface area (Å²) in [6, 6.07) is 10.9. The van der Waals surface area contributed by atoms with E-state index in [0.717, 1.165) is 27.8 Å². The Bertz CT molecular complexity index is 899. The largest absolute Gasteiger partial charge is 0.361 e. The van der Waals surface area contributed by atoms with Gasteiger partial charge >= 0.3 is 0 Å². The SMILES string of the molecule is CC(Cc1c[nH]c2ccccc12)NS(=O)(=O)c1ccc(Cl)s1. The zero-order chi connectivity index (χ0) is 15.7. The maximum atomic E-state index is 12.3. The summed E-state index contributed by atoms with van der Waals surface area (Å²) >= 11 is 6.86. The lowest BCUT2D eigenvalue weighted by Crippen LogP contribution is -2.33. The molecule has 0 fully saturated rings. The van der Waals surface area contributed by atoms with Gasteiger partial charge in [-0.05, 0) is 37.1 Å². The maximum Gasteiger partial charge on any atom is 0.250 e. The van der Waals surface area contributed by atoms with Crippen LogP contribution in [0.25, 0.3) is 10.9 Å². The van der Waals surface area contributed by atoms with Gasteiger partial charge in [0.2, 0.25) is 10.0 Å². The number of hydrogen-bond donors (Lipinski definition) is 2. The van der Waals surface area contributed by atoms with Gasteiger partial charge in [-0.15, -0.1) is 11.3 Å². The van der Waals surface area contributed by atoms with Crippen molar-refractivity contribution in [3.63, 3.8) is 0 Å². The molecule has 2 heterocycles. The first-order valence-corrected chi connectivity index (χ1v) is 9.46. The molecule has 1 unspecified atom stereocenters. The molecule has 22 heavy (non-hydrogen) atoms. The Hall–Kier alpha value is -1.34. The van der Waals surface area contributed by atoms with Gasteiger partial charge in [0.25, 0.3) is 0 Å². The number of sulfonamides is 1. The van der Waals surface area contributed by atoms with Gasteiger partial charge in [-0.1, -0.05) is 29.8 Å². The molecular formula is C15H15ClN2O2S2. The van der Waals surface area contributed by atoms with Crippen molar-refractivity contribution in [3.8, 4) is 0 Å². The fraction of sp³-hybridized carbons (Fsp3) is 0.200. The van der Waals surface area contributed by atoms with Gasteiger partial charge in [0.15, 0.2) is 0 Å². The smallest absolute Gasteiger partial charge is 0.250 e. The van der Waals surface area contributed by atoms with E-state index >= 15 is 0 Å². The first kappa shape index (κ1) is 15.6.